The molecule has 0 spiro atoms. The highest BCUT2D eigenvalue weighted by molar-refractivity contribution is 8.00. The molecule has 0 N–H and O–H groups in total. The standard InChI is InChI=1S/C4H9O2PS/c1-4-2-3-5-7(8)6-4/h4,7H,2-3H2,1H3. The minimum atomic E-state index is -1.26. The van der Waals surface area contributed by atoms with Crippen LogP contribution >= 0.6 is 7.15 Å². The third-order valence-corrected chi connectivity index (χ3v) is 2.72. The molecule has 1 heterocycles. The van der Waals surface area contributed by atoms with Gasteiger partial charge in [0.1, 0.15) is 0 Å². The van der Waals surface area contributed by atoms with Gasteiger partial charge in [-0.25, -0.2) is 0 Å². The van der Waals surface area contributed by atoms with E-state index in [0.29, 0.717) is 6.10 Å². The summed E-state index contributed by atoms with van der Waals surface area (Å²) in [6.45, 7) is 2.82. The van der Waals surface area contributed by atoms with E-state index in [2.05, 4.69) is 0 Å². The van der Waals surface area contributed by atoms with Crippen molar-refractivity contribution in [1.82, 2.24) is 0 Å². The Morgan fingerprint density at radius 1 is 1.75 bits per heavy atom. The lowest BCUT2D eigenvalue weighted by atomic mass is 10.3. The molecule has 0 aromatic rings. The maximum atomic E-state index is 5.18. The van der Waals surface area contributed by atoms with Crippen molar-refractivity contribution in [1.29, 1.82) is 0 Å². The van der Waals surface area contributed by atoms with Crippen molar-refractivity contribution in [3.63, 3.8) is 0 Å². The molecule has 1 saturated heterocycles. The number of hydrogen-bond acceptors (Lipinski definition) is 3. The van der Waals surface area contributed by atoms with Crippen molar-refractivity contribution in [2.75, 3.05) is 6.61 Å². The van der Waals surface area contributed by atoms with Crippen LogP contribution in [0.15, 0.2) is 0 Å². The molecule has 0 amide bonds. The van der Waals surface area contributed by atoms with E-state index in [0.717, 1.165) is 13.0 Å². The number of hydrogen-bond donors (Lipinski definition) is 0. The fourth-order valence-corrected chi connectivity index (χ4v) is 2.11. The lowest BCUT2D eigenvalue weighted by Crippen LogP contribution is -2.11. The van der Waals surface area contributed by atoms with Crippen LogP contribution in [0.2, 0.25) is 0 Å². The fraction of sp³-hybridized carbons (Fsp3) is 1.00. The van der Waals surface area contributed by atoms with E-state index < -0.39 is 7.15 Å². The molecule has 1 rings (SSSR count). The molecule has 4 heteroatoms. The van der Waals surface area contributed by atoms with Crippen LogP contribution in [0.4, 0.5) is 0 Å². The van der Waals surface area contributed by atoms with Gasteiger partial charge in [0.15, 0.2) is 7.15 Å². The summed E-state index contributed by atoms with van der Waals surface area (Å²) in [5.74, 6) is 0. The smallest absolute Gasteiger partial charge is 0.176 e. The Bertz CT molecular complexity index is 106. The van der Waals surface area contributed by atoms with Crippen LogP contribution < -0.4 is 0 Å². The molecular weight excluding hydrogens is 143 g/mol. The van der Waals surface area contributed by atoms with Gasteiger partial charge in [0, 0.05) is 0 Å². The second kappa shape index (κ2) is 2.92. The Balaban J connectivity index is 2.34. The summed E-state index contributed by atoms with van der Waals surface area (Å²) < 4.78 is 10.2. The van der Waals surface area contributed by atoms with Crippen molar-refractivity contribution in [2.45, 2.75) is 19.4 Å². The summed E-state index contributed by atoms with van der Waals surface area (Å²) in [5, 5.41) is 0. The van der Waals surface area contributed by atoms with E-state index >= 15 is 0 Å². The highest BCUT2D eigenvalue weighted by Gasteiger charge is 2.10. The van der Waals surface area contributed by atoms with Crippen LogP contribution in [-0.2, 0) is 20.9 Å². The summed E-state index contributed by atoms with van der Waals surface area (Å²) >= 11 is 4.82. The molecule has 2 atom stereocenters. The Morgan fingerprint density at radius 3 is 2.88 bits per heavy atom. The normalized spacial score (nSPS) is 39.6. The van der Waals surface area contributed by atoms with Gasteiger partial charge >= 0.3 is 0 Å². The van der Waals surface area contributed by atoms with E-state index in [1.54, 1.807) is 0 Å². The quantitative estimate of drug-likeness (QED) is 0.488. The minimum absolute atomic E-state index is 0.329. The Labute approximate surface area is 54.8 Å². The maximum absolute atomic E-state index is 5.18. The van der Waals surface area contributed by atoms with Crippen LogP contribution in [0.3, 0.4) is 0 Å². The van der Waals surface area contributed by atoms with Gasteiger partial charge in [-0.1, -0.05) is 0 Å². The molecule has 48 valence electrons. The largest absolute Gasteiger partial charge is 0.331 e. The fourth-order valence-electron chi connectivity index (χ4n) is 0.565. The molecule has 0 aliphatic carbocycles. The van der Waals surface area contributed by atoms with Gasteiger partial charge in [-0.05, 0) is 25.2 Å². The molecule has 1 aliphatic rings. The molecule has 0 aromatic carbocycles. The predicted octanol–water partition coefficient (Wildman–Crippen LogP) is 1.32. The summed E-state index contributed by atoms with van der Waals surface area (Å²) in [7, 11) is -1.26. The summed E-state index contributed by atoms with van der Waals surface area (Å²) in [6.07, 6.45) is 1.32. The van der Waals surface area contributed by atoms with Crippen molar-refractivity contribution >= 4 is 19.0 Å². The first-order valence-electron chi connectivity index (χ1n) is 2.62. The van der Waals surface area contributed by atoms with Gasteiger partial charge in [0.2, 0.25) is 0 Å². The SMILES string of the molecule is CC1CCO[PH](=S)O1. The molecule has 2 nitrogen and oxygen atoms in total. The van der Waals surface area contributed by atoms with Crippen molar-refractivity contribution in [3.8, 4) is 0 Å². The molecule has 0 radical (unpaired) electrons. The molecule has 1 fully saturated rings. The summed E-state index contributed by atoms with van der Waals surface area (Å²) in [6, 6.07) is 0. The molecular formula is C4H9O2PS. The van der Waals surface area contributed by atoms with Gasteiger partial charge in [-0.3, -0.25) is 0 Å². The first-order valence-corrected chi connectivity index (χ1v) is 5.07. The van der Waals surface area contributed by atoms with Crippen molar-refractivity contribution in [2.24, 2.45) is 0 Å². The van der Waals surface area contributed by atoms with E-state index in [-0.39, 0.29) is 0 Å². The summed E-state index contributed by atoms with van der Waals surface area (Å²) in [5.41, 5.74) is 0. The molecule has 0 saturated carbocycles. The first-order chi connectivity index (χ1) is 3.79. The maximum Gasteiger partial charge on any atom is 0.176 e. The highest BCUT2D eigenvalue weighted by Crippen LogP contribution is 2.31. The molecule has 2 unspecified atom stereocenters. The third kappa shape index (κ3) is 1.82. The van der Waals surface area contributed by atoms with Gasteiger partial charge in [0.05, 0.1) is 12.7 Å². The van der Waals surface area contributed by atoms with Gasteiger partial charge < -0.3 is 9.05 Å². The Hall–Kier alpha value is 0.570. The molecule has 1 aliphatic heterocycles. The summed E-state index contributed by atoms with van der Waals surface area (Å²) in [4.78, 5) is 0. The molecule has 8 heavy (non-hydrogen) atoms. The average Bonchev–Trinajstić information content (AvgIpc) is 1.64. The van der Waals surface area contributed by atoms with Crippen LogP contribution in [0.1, 0.15) is 13.3 Å². The highest BCUT2D eigenvalue weighted by atomic mass is 32.4. The number of rotatable bonds is 0. The molecule has 0 bridgehead atoms. The van der Waals surface area contributed by atoms with E-state index in [4.69, 9.17) is 20.9 Å². The average molecular weight is 152 g/mol. The van der Waals surface area contributed by atoms with Gasteiger partial charge in [0.25, 0.3) is 0 Å². The predicted molar refractivity (Wildman–Crippen MR) is 36.8 cm³/mol. The van der Waals surface area contributed by atoms with Gasteiger partial charge in [-0.15, -0.1) is 0 Å². The van der Waals surface area contributed by atoms with Crippen molar-refractivity contribution in [3.05, 3.63) is 0 Å². The van der Waals surface area contributed by atoms with E-state index in [1.165, 1.54) is 0 Å². The topological polar surface area (TPSA) is 18.5 Å². The minimum Gasteiger partial charge on any atom is -0.331 e. The monoisotopic (exact) mass is 152 g/mol. The van der Waals surface area contributed by atoms with Crippen LogP contribution in [-0.4, -0.2) is 12.7 Å². The zero-order valence-corrected chi connectivity index (χ0v) is 6.53. The van der Waals surface area contributed by atoms with Crippen molar-refractivity contribution < 1.29 is 9.05 Å². The second-order valence-corrected chi connectivity index (χ2v) is 3.84. The second-order valence-electron chi connectivity index (χ2n) is 1.82. The van der Waals surface area contributed by atoms with Gasteiger partial charge in [-0.2, -0.15) is 0 Å². The third-order valence-electron chi connectivity index (χ3n) is 1.04. The first kappa shape index (κ1) is 6.69. The Kier molecular flexibility index (Phi) is 2.44. The van der Waals surface area contributed by atoms with E-state index in [9.17, 15) is 0 Å². The van der Waals surface area contributed by atoms with Crippen LogP contribution in [0, 0.1) is 0 Å². The molecule has 0 aromatic heterocycles. The lowest BCUT2D eigenvalue weighted by molar-refractivity contribution is 0.131. The Morgan fingerprint density at radius 2 is 2.50 bits per heavy atom. The zero-order valence-electron chi connectivity index (χ0n) is 4.72. The zero-order chi connectivity index (χ0) is 5.98. The lowest BCUT2D eigenvalue weighted by Gasteiger charge is -2.19. The van der Waals surface area contributed by atoms with Crippen LogP contribution in [0.5, 0.6) is 0 Å². The van der Waals surface area contributed by atoms with Crippen LogP contribution in [0.25, 0.3) is 0 Å². The van der Waals surface area contributed by atoms with E-state index in [1.807, 2.05) is 6.92 Å².